The van der Waals surface area contributed by atoms with Crippen molar-refractivity contribution in [3.63, 3.8) is 0 Å². The molecule has 5 heteroatoms. The lowest BCUT2D eigenvalue weighted by Crippen LogP contribution is -2.32. The predicted molar refractivity (Wildman–Crippen MR) is 56.4 cm³/mol. The molecular weight excluding hydrogens is 192 g/mol. The summed E-state index contributed by atoms with van der Waals surface area (Å²) in [6, 6.07) is 0. The van der Waals surface area contributed by atoms with Crippen LogP contribution in [0.4, 0.5) is 0 Å². The van der Waals surface area contributed by atoms with Crippen molar-refractivity contribution in [1.29, 1.82) is 0 Å². The van der Waals surface area contributed by atoms with Gasteiger partial charge in [-0.25, -0.2) is 4.98 Å². The van der Waals surface area contributed by atoms with Gasteiger partial charge in [-0.2, -0.15) is 5.10 Å². The summed E-state index contributed by atoms with van der Waals surface area (Å²) in [5, 5.41) is 7.40. The summed E-state index contributed by atoms with van der Waals surface area (Å²) in [5.41, 5.74) is 0. The molecule has 2 heterocycles. The van der Waals surface area contributed by atoms with Crippen LogP contribution >= 0.6 is 0 Å². The molecule has 15 heavy (non-hydrogen) atoms. The van der Waals surface area contributed by atoms with Gasteiger partial charge in [0.25, 0.3) is 0 Å². The number of hydrogen-bond acceptors (Lipinski definition) is 4. The highest BCUT2D eigenvalue weighted by Gasteiger charge is 2.12. The van der Waals surface area contributed by atoms with Gasteiger partial charge in [-0.3, -0.25) is 4.68 Å². The van der Waals surface area contributed by atoms with E-state index in [1.807, 2.05) is 0 Å². The molecule has 0 unspecified atom stereocenters. The molecule has 1 N–H and O–H groups in total. The molecule has 0 bridgehead atoms. The quantitative estimate of drug-likeness (QED) is 0.710. The van der Waals surface area contributed by atoms with Crippen molar-refractivity contribution in [2.45, 2.75) is 19.4 Å². The fraction of sp³-hybridized carbons (Fsp3) is 0.800. The molecule has 5 nitrogen and oxygen atoms in total. The Bertz CT molecular complexity index is 256. The molecular formula is C10H18N4O. The number of aromatic nitrogens is 3. The van der Waals surface area contributed by atoms with E-state index in [9.17, 15) is 0 Å². The molecule has 1 fully saturated rings. The van der Waals surface area contributed by atoms with E-state index in [2.05, 4.69) is 15.4 Å². The third-order valence-electron chi connectivity index (χ3n) is 2.68. The number of nitrogens with one attached hydrogen (secondary N) is 1. The summed E-state index contributed by atoms with van der Waals surface area (Å²) in [6.07, 6.45) is 5.82. The van der Waals surface area contributed by atoms with Crippen LogP contribution in [0.25, 0.3) is 0 Å². The minimum absolute atomic E-state index is 0.689. The van der Waals surface area contributed by atoms with Crippen LogP contribution in [0.5, 0.6) is 0 Å². The molecule has 2 rings (SSSR count). The minimum atomic E-state index is 0.689. The average molecular weight is 210 g/mol. The normalized spacial score (nSPS) is 21.7. The van der Waals surface area contributed by atoms with E-state index in [4.69, 9.17) is 4.74 Å². The summed E-state index contributed by atoms with van der Waals surface area (Å²) >= 11 is 0. The summed E-state index contributed by atoms with van der Waals surface area (Å²) in [4.78, 5) is 3.88. The van der Waals surface area contributed by atoms with Crippen LogP contribution in [-0.4, -0.2) is 41.1 Å². The average Bonchev–Trinajstić information content (AvgIpc) is 2.79. The lowest BCUT2D eigenvalue weighted by molar-refractivity contribution is 0.0825. The first kappa shape index (κ1) is 10.6. The minimum Gasteiger partial charge on any atom is -0.379 e. The molecule has 0 aliphatic carbocycles. The Labute approximate surface area is 89.8 Å². The Balaban J connectivity index is 1.54. The van der Waals surface area contributed by atoms with E-state index in [-0.39, 0.29) is 0 Å². The van der Waals surface area contributed by atoms with Gasteiger partial charge in [-0.1, -0.05) is 0 Å². The Kier molecular flexibility index (Phi) is 4.11. The molecule has 0 amide bonds. The van der Waals surface area contributed by atoms with Crippen LogP contribution in [0.2, 0.25) is 0 Å². The Morgan fingerprint density at radius 2 is 2.53 bits per heavy atom. The maximum atomic E-state index is 5.62. The van der Waals surface area contributed by atoms with Gasteiger partial charge in [0.15, 0.2) is 0 Å². The Morgan fingerprint density at radius 3 is 3.27 bits per heavy atom. The zero-order chi connectivity index (χ0) is 10.3. The van der Waals surface area contributed by atoms with Crippen molar-refractivity contribution in [2.24, 2.45) is 5.92 Å². The van der Waals surface area contributed by atoms with Crippen molar-refractivity contribution >= 4 is 0 Å². The van der Waals surface area contributed by atoms with Gasteiger partial charge in [0.05, 0.1) is 19.8 Å². The Morgan fingerprint density at radius 1 is 1.53 bits per heavy atom. The van der Waals surface area contributed by atoms with E-state index in [0.717, 1.165) is 32.8 Å². The number of hydrogen-bond donors (Lipinski definition) is 1. The van der Waals surface area contributed by atoms with Crippen LogP contribution in [0, 0.1) is 5.92 Å². The van der Waals surface area contributed by atoms with Gasteiger partial charge in [0.2, 0.25) is 0 Å². The molecule has 0 saturated carbocycles. The molecule has 1 aromatic heterocycles. The summed E-state index contributed by atoms with van der Waals surface area (Å²) in [7, 11) is 0. The first-order valence-corrected chi connectivity index (χ1v) is 5.56. The highest BCUT2D eigenvalue weighted by molar-refractivity contribution is 4.68. The second kappa shape index (κ2) is 5.82. The molecule has 0 spiro atoms. The maximum absolute atomic E-state index is 5.62. The van der Waals surface area contributed by atoms with Gasteiger partial charge in [-0.05, 0) is 25.3 Å². The summed E-state index contributed by atoms with van der Waals surface area (Å²) < 4.78 is 7.41. The number of rotatable bonds is 5. The fourth-order valence-corrected chi connectivity index (χ4v) is 1.82. The van der Waals surface area contributed by atoms with Crippen LogP contribution in [0.1, 0.15) is 12.8 Å². The molecule has 0 aromatic carbocycles. The van der Waals surface area contributed by atoms with Crippen LogP contribution in [0.15, 0.2) is 12.7 Å². The predicted octanol–water partition coefficient (Wildman–Crippen LogP) is 0.294. The molecule has 1 atom stereocenters. The lowest BCUT2D eigenvalue weighted by atomic mass is 10.0. The number of piperidine rings is 1. The fourth-order valence-electron chi connectivity index (χ4n) is 1.82. The molecule has 1 aliphatic rings. The standard InChI is InChI=1S/C10H18N4O/c1-2-10(6-11-3-1)7-15-5-4-14-9-12-8-13-14/h8-11H,1-7H2/t10-/m0/s1. The molecule has 84 valence electrons. The zero-order valence-corrected chi connectivity index (χ0v) is 8.93. The van der Waals surface area contributed by atoms with E-state index >= 15 is 0 Å². The van der Waals surface area contributed by atoms with Crippen molar-refractivity contribution in [2.75, 3.05) is 26.3 Å². The number of nitrogens with zero attached hydrogens (tertiary/aromatic N) is 3. The second-order valence-corrected chi connectivity index (χ2v) is 3.95. The second-order valence-electron chi connectivity index (χ2n) is 3.95. The molecule has 0 radical (unpaired) electrons. The van der Waals surface area contributed by atoms with Gasteiger partial charge in [0.1, 0.15) is 12.7 Å². The van der Waals surface area contributed by atoms with Crippen molar-refractivity contribution in [1.82, 2.24) is 20.1 Å². The van der Waals surface area contributed by atoms with Gasteiger partial charge < -0.3 is 10.1 Å². The third kappa shape index (κ3) is 3.60. The number of ether oxygens (including phenoxy) is 1. The van der Waals surface area contributed by atoms with Crippen LogP contribution < -0.4 is 5.32 Å². The van der Waals surface area contributed by atoms with Crippen molar-refractivity contribution in [3.05, 3.63) is 12.7 Å². The van der Waals surface area contributed by atoms with Crippen LogP contribution in [-0.2, 0) is 11.3 Å². The van der Waals surface area contributed by atoms with Gasteiger partial charge in [0, 0.05) is 6.54 Å². The van der Waals surface area contributed by atoms with Crippen LogP contribution in [0.3, 0.4) is 0 Å². The maximum Gasteiger partial charge on any atom is 0.137 e. The van der Waals surface area contributed by atoms with E-state index in [1.54, 1.807) is 17.3 Å². The van der Waals surface area contributed by atoms with E-state index in [0.29, 0.717) is 5.92 Å². The highest BCUT2D eigenvalue weighted by Crippen LogP contribution is 2.09. The topological polar surface area (TPSA) is 52.0 Å². The monoisotopic (exact) mass is 210 g/mol. The van der Waals surface area contributed by atoms with Gasteiger partial charge in [-0.15, -0.1) is 0 Å². The summed E-state index contributed by atoms with van der Waals surface area (Å²) in [6.45, 7) is 4.64. The first-order chi connectivity index (χ1) is 7.45. The SMILES string of the molecule is c1ncn(CCOC[C@H]2CCCNC2)n1. The summed E-state index contributed by atoms with van der Waals surface area (Å²) in [5.74, 6) is 0.689. The van der Waals surface area contributed by atoms with E-state index < -0.39 is 0 Å². The lowest BCUT2D eigenvalue weighted by Gasteiger charge is -2.22. The highest BCUT2D eigenvalue weighted by atomic mass is 16.5. The molecule has 1 aliphatic heterocycles. The van der Waals surface area contributed by atoms with Crippen molar-refractivity contribution in [3.8, 4) is 0 Å². The first-order valence-electron chi connectivity index (χ1n) is 5.56. The largest absolute Gasteiger partial charge is 0.379 e. The smallest absolute Gasteiger partial charge is 0.137 e. The van der Waals surface area contributed by atoms with E-state index in [1.165, 1.54) is 12.8 Å². The van der Waals surface area contributed by atoms with Gasteiger partial charge >= 0.3 is 0 Å². The van der Waals surface area contributed by atoms with Crippen molar-refractivity contribution < 1.29 is 4.74 Å². The molecule has 1 aromatic rings. The molecule has 1 saturated heterocycles. The third-order valence-corrected chi connectivity index (χ3v) is 2.68. The zero-order valence-electron chi connectivity index (χ0n) is 8.93. The Hall–Kier alpha value is -0.940.